The van der Waals surface area contributed by atoms with Crippen molar-refractivity contribution in [3.63, 3.8) is 0 Å². The number of nitro groups is 1. The summed E-state index contributed by atoms with van der Waals surface area (Å²) in [6.45, 7) is 4.43. The molecule has 28 heavy (non-hydrogen) atoms. The lowest BCUT2D eigenvalue weighted by atomic mass is 10.1. The molecular formula is C20H20N4O3S. The van der Waals surface area contributed by atoms with Crippen LogP contribution in [0.2, 0.25) is 0 Å². The van der Waals surface area contributed by atoms with Crippen molar-refractivity contribution >= 4 is 34.7 Å². The van der Waals surface area contributed by atoms with E-state index in [-0.39, 0.29) is 16.8 Å². The molecular weight excluding hydrogens is 376 g/mol. The SMILES string of the molecule is CC[C@H]1S/C(=N\N=C/c2cccc([N+](=O)[O-])c2)N(Cc2ccccc2C)C1=O. The Morgan fingerprint density at radius 3 is 2.75 bits per heavy atom. The third-order valence-corrected chi connectivity index (χ3v) is 5.74. The van der Waals surface area contributed by atoms with Crippen molar-refractivity contribution in [3.8, 4) is 0 Å². The van der Waals surface area contributed by atoms with Gasteiger partial charge in [-0.2, -0.15) is 5.10 Å². The van der Waals surface area contributed by atoms with Gasteiger partial charge in [0.25, 0.3) is 5.69 Å². The van der Waals surface area contributed by atoms with E-state index in [4.69, 9.17) is 0 Å². The average Bonchev–Trinajstić information content (AvgIpc) is 2.99. The number of amidine groups is 1. The number of nitrogens with zero attached hydrogens (tertiary/aromatic N) is 4. The molecule has 2 aromatic carbocycles. The van der Waals surface area contributed by atoms with E-state index in [0.29, 0.717) is 23.7 Å². The predicted molar refractivity (Wildman–Crippen MR) is 112 cm³/mol. The van der Waals surface area contributed by atoms with Crippen molar-refractivity contribution in [1.82, 2.24) is 4.90 Å². The fourth-order valence-corrected chi connectivity index (χ4v) is 3.84. The summed E-state index contributed by atoms with van der Waals surface area (Å²) in [7, 11) is 0. The van der Waals surface area contributed by atoms with Crippen LogP contribution in [-0.4, -0.2) is 32.4 Å². The number of amides is 1. The van der Waals surface area contributed by atoms with Gasteiger partial charge in [0, 0.05) is 17.7 Å². The first-order chi connectivity index (χ1) is 13.5. The van der Waals surface area contributed by atoms with Gasteiger partial charge in [0.15, 0.2) is 5.17 Å². The van der Waals surface area contributed by atoms with Gasteiger partial charge in [-0.15, -0.1) is 5.10 Å². The van der Waals surface area contributed by atoms with E-state index in [1.165, 1.54) is 30.1 Å². The van der Waals surface area contributed by atoms with Gasteiger partial charge in [0.2, 0.25) is 5.91 Å². The molecule has 0 bridgehead atoms. The molecule has 8 heteroatoms. The second-order valence-electron chi connectivity index (χ2n) is 6.34. The van der Waals surface area contributed by atoms with Crippen molar-refractivity contribution in [2.45, 2.75) is 32.1 Å². The molecule has 1 saturated heterocycles. The van der Waals surface area contributed by atoms with Crippen molar-refractivity contribution < 1.29 is 9.72 Å². The van der Waals surface area contributed by atoms with E-state index >= 15 is 0 Å². The van der Waals surface area contributed by atoms with Gasteiger partial charge in [-0.05, 0) is 24.5 Å². The fraction of sp³-hybridized carbons (Fsp3) is 0.250. The molecule has 0 N–H and O–H groups in total. The van der Waals surface area contributed by atoms with Crippen LogP contribution in [0.5, 0.6) is 0 Å². The summed E-state index contributed by atoms with van der Waals surface area (Å²) in [5.41, 5.74) is 2.74. The molecule has 0 saturated carbocycles. The largest absolute Gasteiger partial charge is 0.284 e. The Hall–Kier alpha value is -3.00. The number of aryl methyl sites for hydroxylation is 1. The van der Waals surface area contributed by atoms with E-state index in [2.05, 4.69) is 10.2 Å². The van der Waals surface area contributed by atoms with Crippen LogP contribution >= 0.6 is 11.8 Å². The van der Waals surface area contributed by atoms with Gasteiger partial charge in [-0.25, -0.2) is 0 Å². The average molecular weight is 396 g/mol. The number of benzene rings is 2. The number of rotatable bonds is 6. The highest BCUT2D eigenvalue weighted by atomic mass is 32.2. The minimum atomic E-state index is -0.454. The molecule has 7 nitrogen and oxygen atoms in total. The van der Waals surface area contributed by atoms with Crippen molar-refractivity contribution in [2.75, 3.05) is 0 Å². The standard InChI is InChI=1S/C20H20N4O3S/c1-3-18-19(25)23(13-16-9-5-4-7-14(16)2)20(28-18)22-21-12-15-8-6-10-17(11-15)24(26)27/h4-12,18H,3,13H2,1-2H3/b21-12-,22-20-/t18-/m1/s1. The normalized spacial score (nSPS) is 18.4. The zero-order chi connectivity index (χ0) is 20.1. The molecule has 0 unspecified atom stereocenters. The van der Waals surface area contributed by atoms with Crippen LogP contribution < -0.4 is 0 Å². The summed E-state index contributed by atoms with van der Waals surface area (Å²) in [6.07, 6.45) is 2.16. The van der Waals surface area contributed by atoms with Crippen molar-refractivity contribution in [2.24, 2.45) is 10.2 Å². The number of carbonyl (C=O) groups excluding carboxylic acids is 1. The summed E-state index contributed by atoms with van der Waals surface area (Å²) < 4.78 is 0. The molecule has 1 amide bonds. The number of nitro benzene ring substituents is 1. The topological polar surface area (TPSA) is 88.2 Å². The maximum atomic E-state index is 12.7. The summed E-state index contributed by atoms with van der Waals surface area (Å²) in [4.78, 5) is 24.8. The Kier molecular flexibility index (Phi) is 6.20. The highest BCUT2D eigenvalue weighted by Gasteiger charge is 2.37. The highest BCUT2D eigenvalue weighted by molar-refractivity contribution is 8.15. The Labute approximate surface area is 167 Å². The van der Waals surface area contributed by atoms with E-state index in [1.54, 1.807) is 17.0 Å². The number of non-ortho nitro benzene ring substituents is 1. The first kappa shape index (κ1) is 19.8. The lowest BCUT2D eigenvalue weighted by molar-refractivity contribution is -0.384. The summed E-state index contributed by atoms with van der Waals surface area (Å²) >= 11 is 1.40. The molecule has 1 heterocycles. The quantitative estimate of drug-likeness (QED) is 0.417. The maximum Gasteiger partial charge on any atom is 0.270 e. The maximum absolute atomic E-state index is 12.7. The molecule has 1 fully saturated rings. The van der Waals surface area contributed by atoms with E-state index < -0.39 is 4.92 Å². The number of carbonyl (C=O) groups is 1. The van der Waals surface area contributed by atoms with Gasteiger partial charge in [0.1, 0.15) is 0 Å². The molecule has 3 rings (SSSR count). The molecule has 1 atom stereocenters. The number of hydrogen-bond donors (Lipinski definition) is 0. The zero-order valence-electron chi connectivity index (χ0n) is 15.6. The molecule has 0 aliphatic carbocycles. The first-order valence-corrected chi connectivity index (χ1v) is 9.75. The van der Waals surface area contributed by atoms with Crippen molar-refractivity contribution in [3.05, 3.63) is 75.3 Å². The van der Waals surface area contributed by atoms with Crippen LogP contribution in [0, 0.1) is 17.0 Å². The molecule has 0 aromatic heterocycles. The lowest BCUT2D eigenvalue weighted by Crippen LogP contribution is -2.31. The van der Waals surface area contributed by atoms with Crippen LogP contribution in [0.3, 0.4) is 0 Å². The van der Waals surface area contributed by atoms with E-state index in [0.717, 1.165) is 11.1 Å². The van der Waals surface area contributed by atoms with Crippen LogP contribution in [-0.2, 0) is 11.3 Å². The van der Waals surface area contributed by atoms with Crippen LogP contribution in [0.1, 0.15) is 30.0 Å². The monoisotopic (exact) mass is 396 g/mol. The van der Waals surface area contributed by atoms with Crippen LogP contribution in [0.15, 0.2) is 58.7 Å². The lowest BCUT2D eigenvalue weighted by Gasteiger charge is -2.17. The van der Waals surface area contributed by atoms with Gasteiger partial charge in [-0.1, -0.05) is 55.1 Å². The Balaban J connectivity index is 1.83. The van der Waals surface area contributed by atoms with Gasteiger partial charge >= 0.3 is 0 Å². The van der Waals surface area contributed by atoms with E-state index in [9.17, 15) is 14.9 Å². The van der Waals surface area contributed by atoms with Crippen LogP contribution in [0.25, 0.3) is 0 Å². The number of hydrogen-bond acceptors (Lipinski definition) is 6. The minimum Gasteiger partial charge on any atom is -0.284 e. The summed E-state index contributed by atoms with van der Waals surface area (Å²) in [5, 5.41) is 19.5. The fourth-order valence-electron chi connectivity index (χ4n) is 2.81. The van der Waals surface area contributed by atoms with Gasteiger partial charge in [0.05, 0.1) is 22.9 Å². The van der Waals surface area contributed by atoms with Gasteiger partial charge in [-0.3, -0.25) is 19.8 Å². The van der Waals surface area contributed by atoms with Crippen molar-refractivity contribution in [1.29, 1.82) is 0 Å². The van der Waals surface area contributed by atoms with Crippen LogP contribution in [0.4, 0.5) is 5.69 Å². The highest BCUT2D eigenvalue weighted by Crippen LogP contribution is 2.31. The molecule has 1 aliphatic heterocycles. The molecule has 0 radical (unpaired) electrons. The zero-order valence-corrected chi connectivity index (χ0v) is 16.4. The second kappa shape index (κ2) is 8.79. The summed E-state index contributed by atoms with van der Waals surface area (Å²) in [6, 6.07) is 14.1. The number of thioether (sulfide) groups is 1. The predicted octanol–water partition coefficient (Wildman–Crippen LogP) is 4.15. The second-order valence-corrected chi connectivity index (χ2v) is 7.51. The first-order valence-electron chi connectivity index (χ1n) is 8.87. The third-order valence-electron chi connectivity index (χ3n) is 4.41. The van der Waals surface area contributed by atoms with E-state index in [1.807, 2.05) is 38.1 Å². The Bertz CT molecular complexity index is 958. The summed E-state index contributed by atoms with van der Waals surface area (Å²) in [5.74, 6) is 0.0278. The third kappa shape index (κ3) is 4.45. The smallest absolute Gasteiger partial charge is 0.270 e. The molecule has 2 aromatic rings. The Morgan fingerprint density at radius 2 is 2.04 bits per heavy atom. The Morgan fingerprint density at radius 1 is 1.25 bits per heavy atom. The molecule has 1 aliphatic rings. The molecule has 144 valence electrons. The molecule has 0 spiro atoms. The van der Waals surface area contributed by atoms with Gasteiger partial charge < -0.3 is 0 Å². The minimum absolute atomic E-state index is 0.00533.